The molecule has 0 aliphatic rings. The molecule has 4 nitrogen and oxygen atoms in total. The van der Waals surface area contributed by atoms with Crippen molar-refractivity contribution >= 4 is 11.3 Å². The first-order valence-corrected chi connectivity index (χ1v) is 6.27. The Hall–Kier alpha value is -1.20. The molecule has 0 saturated carbocycles. The van der Waals surface area contributed by atoms with Crippen LogP contribution in [0.5, 0.6) is 0 Å². The lowest BCUT2D eigenvalue weighted by Gasteiger charge is -2.01. The van der Waals surface area contributed by atoms with Crippen molar-refractivity contribution < 1.29 is 0 Å². The molecular formula is C11H16N4S. The molecule has 86 valence electrons. The van der Waals surface area contributed by atoms with Crippen molar-refractivity contribution in [2.45, 2.75) is 19.9 Å². The average Bonchev–Trinajstić information content (AvgIpc) is 2.84. The van der Waals surface area contributed by atoms with Gasteiger partial charge in [-0.05, 0) is 6.92 Å². The Kier molecular flexibility index (Phi) is 3.69. The zero-order chi connectivity index (χ0) is 11.4. The minimum Gasteiger partial charge on any atom is -0.312 e. The second kappa shape index (κ2) is 5.23. The summed E-state index contributed by atoms with van der Waals surface area (Å²) in [4.78, 5) is 4.24. The van der Waals surface area contributed by atoms with E-state index in [2.05, 4.69) is 27.0 Å². The first-order chi connectivity index (χ1) is 7.75. The standard InChI is InChI=1S/C11H16N4S/c1-9-10(6-15(2)14-9)5-12-4-3-11-7-16-8-13-11/h6-8,12H,3-5H2,1-2H3. The van der Waals surface area contributed by atoms with Gasteiger partial charge >= 0.3 is 0 Å². The van der Waals surface area contributed by atoms with Crippen LogP contribution in [0.4, 0.5) is 0 Å². The number of hydrogen-bond donors (Lipinski definition) is 1. The fraction of sp³-hybridized carbons (Fsp3) is 0.455. The molecule has 0 aliphatic carbocycles. The lowest BCUT2D eigenvalue weighted by atomic mass is 10.2. The van der Waals surface area contributed by atoms with E-state index in [0.29, 0.717) is 0 Å². The van der Waals surface area contributed by atoms with Crippen LogP contribution in [-0.4, -0.2) is 21.3 Å². The quantitative estimate of drug-likeness (QED) is 0.800. The Bertz CT molecular complexity index is 433. The van der Waals surface area contributed by atoms with Gasteiger partial charge in [0, 0.05) is 43.7 Å². The van der Waals surface area contributed by atoms with Crippen LogP contribution in [0.2, 0.25) is 0 Å². The Morgan fingerprint density at radius 1 is 1.50 bits per heavy atom. The monoisotopic (exact) mass is 236 g/mol. The van der Waals surface area contributed by atoms with Crippen LogP contribution in [0, 0.1) is 6.92 Å². The summed E-state index contributed by atoms with van der Waals surface area (Å²) < 4.78 is 1.85. The third-order valence-electron chi connectivity index (χ3n) is 2.47. The molecule has 0 fully saturated rings. The Morgan fingerprint density at radius 2 is 2.38 bits per heavy atom. The predicted octanol–water partition coefficient (Wildman–Crippen LogP) is 1.52. The lowest BCUT2D eigenvalue weighted by molar-refractivity contribution is 0.679. The first-order valence-electron chi connectivity index (χ1n) is 5.32. The molecule has 0 saturated heterocycles. The van der Waals surface area contributed by atoms with E-state index in [9.17, 15) is 0 Å². The molecule has 16 heavy (non-hydrogen) atoms. The van der Waals surface area contributed by atoms with Crippen LogP contribution < -0.4 is 5.32 Å². The molecule has 1 N–H and O–H groups in total. The van der Waals surface area contributed by atoms with Crippen molar-refractivity contribution in [3.8, 4) is 0 Å². The maximum Gasteiger partial charge on any atom is 0.0794 e. The maximum atomic E-state index is 4.31. The van der Waals surface area contributed by atoms with Crippen LogP contribution >= 0.6 is 11.3 Å². The SMILES string of the molecule is Cc1nn(C)cc1CNCCc1cscn1. The molecule has 2 heterocycles. The number of thiazole rings is 1. The second-order valence-corrected chi connectivity index (χ2v) is 4.54. The zero-order valence-corrected chi connectivity index (χ0v) is 10.4. The number of aryl methyl sites for hydroxylation is 2. The molecule has 2 rings (SSSR count). The third kappa shape index (κ3) is 2.90. The highest BCUT2D eigenvalue weighted by molar-refractivity contribution is 7.07. The van der Waals surface area contributed by atoms with E-state index in [4.69, 9.17) is 0 Å². The van der Waals surface area contributed by atoms with E-state index in [1.54, 1.807) is 11.3 Å². The summed E-state index contributed by atoms with van der Waals surface area (Å²) in [6, 6.07) is 0. The Morgan fingerprint density at radius 3 is 3.00 bits per heavy atom. The van der Waals surface area contributed by atoms with Gasteiger partial charge in [0.1, 0.15) is 0 Å². The van der Waals surface area contributed by atoms with Gasteiger partial charge < -0.3 is 5.32 Å². The molecule has 5 heteroatoms. The fourth-order valence-corrected chi connectivity index (χ4v) is 2.22. The van der Waals surface area contributed by atoms with Crippen molar-refractivity contribution in [1.29, 1.82) is 0 Å². The summed E-state index contributed by atoms with van der Waals surface area (Å²) in [6.45, 7) is 3.87. The largest absolute Gasteiger partial charge is 0.312 e. The molecule has 0 unspecified atom stereocenters. The average molecular weight is 236 g/mol. The number of rotatable bonds is 5. The number of nitrogens with one attached hydrogen (secondary N) is 1. The molecule has 0 aromatic carbocycles. The first kappa shape index (κ1) is 11.3. The Labute approximate surface area is 99.3 Å². The Balaban J connectivity index is 1.74. The van der Waals surface area contributed by atoms with Gasteiger partial charge in [0.25, 0.3) is 0 Å². The normalized spacial score (nSPS) is 10.9. The van der Waals surface area contributed by atoms with E-state index in [1.807, 2.05) is 24.2 Å². The van der Waals surface area contributed by atoms with Gasteiger partial charge in [0.2, 0.25) is 0 Å². The maximum absolute atomic E-state index is 4.31. The van der Waals surface area contributed by atoms with Crippen LogP contribution in [0.15, 0.2) is 17.1 Å². The van der Waals surface area contributed by atoms with Crippen molar-refractivity contribution in [3.05, 3.63) is 34.0 Å². The van der Waals surface area contributed by atoms with Crippen molar-refractivity contribution in [2.75, 3.05) is 6.54 Å². The van der Waals surface area contributed by atoms with Gasteiger partial charge in [0.15, 0.2) is 0 Å². The molecule has 0 bridgehead atoms. The van der Waals surface area contributed by atoms with E-state index in [-0.39, 0.29) is 0 Å². The van der Waals surface area contributed by atoms with Crippen LogP contribution in [-0.2, 0) is 20.0 Å². The van der Waals surface area contributed by atoms with Gasteiger partial charge in [-0.25, -0.2) is 4.98 Å². The highest BCUT2D eigenvalue weighted by atomic mass is 32.1. The summed E-state index contributed by atoms with van der Waals surface area (Å²) >= 11 is 1.65. The highest BCUT2D eigenvalue weighted by Crippen LogP contribution is 2.04. The third-order valence-corrected chi connectivity index (χ3v) is 3.11. The number of nitrogens with zero attached hydrogens (tertiary/aromatic N) is 3. The van der Waals surface area contributed by atoms with Crippen molar-refractivity contribution in [1.82, 2.24) is 20.1 Å². The zero-order valence-electron chi connectivity index (χ0n) is 9.60. The highest BCUT2D eigenvalue weighted by Gasteiger charge is 2.02. The topological polar surface area (TPSA) is 42.7 Å². The van der Waals surface area contributed by atoms with Crippen molar-refractivity contribution in [2.24, 2.45) is 7.05 Å². The van der Waals surface area contributed by atoms with Crippen LogP contribution in [0.1, 0.15) is 17.0 Å². The second-order valence-electron chi connectivity index (χ2n) is 3.82. The van der Waals surface area contributed by atoms with Gasteiger partial charge in [0.05, 0.1) is 16.9 Å². The molecule has 2 aromatic rings. The number of hydrogen-bond acceptors (Lipinski definition) is 4. The van der Waals surface area contributed by atoms with Gasteiger partial charge in [-0.1, -0.05) is 0 Å². The molecular weight excluding hydrogens is 220 g/mol. The summed E-state index contributed by atoms with van der Waals surface area (Å²) in [7, 11) is 1.95. The van der Waals surface area contributed by atoms with Crippen LogP contribution in [0.3, 0.4) is 0 Å². The van der Waals surface area contributed by atoms with Crippen LogP contribution in [0.25, 0.3) is 0 Å². The smallest absolute Gasteiger partial charge is 0.0794 e. The lowest BCUT2D eigenvalue weighted by Crippen LogP contribution is -2.17. The van der Waals surface area contributed by atoms with Gasteiger partial charge in [-0.2, -0.15) is 5.10 Å². The molecule has 2 aromatic heterocycles. The summed E-state index contributed by atoms with van der Waals surface area (Å²) in [5.74, 6) is 0. The van der Waals surface area contributed by atoms with E-state index < -0.39 is 0 Å². The molecule has 0 spiro atoms. The molecule has 0 atom stereocenters. The van der Waals surface area contributed by atoms with Gasteiger partial charge in [-0.15, -0.1) is 11.3 Å². The fourth-order valence-electron chi connectivity index (χ4n) is 1.62. The number of aromatic nitrogens is 3. The molecule has 0 radical (unpaired) electrons. The molecule has 0 aliphatic heterocycles. The molecule has 0 amide bonds. The summed E-state index contributed by atoms with van der Waals surface area (Å²) in [6.07, 6.45) is 3.05. The van der Waals surface area contributed by atoms with E-state index >= 15 is 0 Å². The minimum absolute atomic E-state index is 0.879. The van der Waals surface area contributed by atoms with Gasteiger partial charge in [-0.3, -0.25) is 4.68 Å². The van der Waals surface area contributed by atoms with Crippen molar-refractivity contribution in [3.63, 3.8) is 0 Å². The minimum atomic E-state index is 0.879. The summed E-state index contributed by atoms with van der Waals surface area (Å²) in [5, 5.41) is 9.81. The predicted molar refractivity (Wildman–Crippen MR) is 65.5 cm³/mol. The van der Waals surface area contributed by atoms with E-state index in [0.717, 1.165) is 25.2 Å². The summed E-state index contributed by atoms with van der Waals surface area (Å²) in [5.41, 5.74) is 5.41. The van der Waals surface area contributed by atoms with E-state index in [1.165, 1.54) is 11.3 Å².